The van der Waals surface area contributed by atoms with Crippen molar-refractivity contribution < 1.29 is 18.7 Å². The average Bonchev–Trinajstić information content (AvgIpc) is 2.71. The third kappa shape index (κ3) is 7.19. The molecule has 0 radical (unpaired) electrons. The average molecular weight is 515 g/mol. The Morgan fingerprint density at radius 3 is 2.52 bits per heavy atom. The van der Waals surface area contributed by atoms with Gasteiger partial charge in [0.15, 0.2) is 5.96 Å². The second kappa shape index (κ2) is 12.3. The Kier molecular flexibility index (Phi) is 10.4. The van der Waals surface area contributed by atoms with Gasteiger partial charge in [0.1, 0.15) is 17.1 Å². The van der Waals surface area contributed by atoms with Crippen molar-refractivity contribution in [2.24, 2.45) is 4.99 Å². The van der Waals surface area contributed by atoms with Crippen molar-refractivity contribution in [3.8, 4) is 5.75 Å². The van der Waals surface area contributed by atoms with Crippen molar-refractivity contribution in [1.82, 2.24) is 10.6 Å². The summed E-state index contributed by atoms with van der Waals surface area (Å²) in [5.41, 5.74) is 3.28. The molecule has 8 heteroatoms. The van der Waals surface area contributed by atoms with E-state index in [1.807, 2.05) is 13.0 Å². The van der Waals surface area contributed by atoms with Crippen LogP contribution in [0.15, 0.2) is 41.4 Å². The van der Waals surface area contributed by atoms with Gasteiger partial charge in [0, 0.05) is 20.1 Å². The summed E-state index contributed by atoms with van der Waals surface area (Å²) in [5.74, 6) is 0.427. The number of guanidine groups is 1. The number of methoxy groups -OCH3 is 2. The van der Waals surface area contributed by atoms with E-state index in [4.69, 9.17) is 9.47 Å². The van der Waals surface area contributed by atoms with Gasteiger partial charge < -0.3 is 20.1 Å². The molecule has 0 saturated carbocycles. The lowest BCUT2D eigenvalue weighted by molar-refractivity contribution is 0.0597. The van der Waals surface area contributed by atoms with Gasteiger partial charge in [0.05, 0.1) is 14.2 Å². The molecule has 0 bridgehead atoms. The van der Waals surface area contributed by atoms with Crippen molar-refractivity contribution in [2.45, 2.75) is 19.9 Å². The molecule has 0 unspecified atom stereocenters. The molecule has 2 N–H and O–H groups in total. The van der Waals surface area contributed by atoms with E-state index in [0.717, 1.165) is 23.1 Å². The number of rotatable bonds is 7. The van der Waals surface area contributed by atoms with Gasteiger partial charge in [-0.15, -0.1) is 24.0 Å². The Morgan fingerprint density at radius 2 is 1.90 bits per heavy atom. The summed E-state index contributed by atoms with van der Waals surface area (Å²) in [6.45, 7) is 3.03. The standard InChI is InChI=1S/C21H26FN3O3.HI/c1-14-11-17(22)7-6-16(14)9-10-24-21(23-2)25-13-15-5-8-19(27-3)18(12-15)20(26)28-4;/h5-8,11-12H,9-10,13H2,1-4H3,(H2,23,24,25);1H. The summed E-state index contributed by atoms with van der Waals surface area (Å²) in [4.78, 5) is 16.1. The molecule has 0 aliphatic rings. The van der Waals surface area contributed by atoms with Gasteiger partial charge in [0.25, 0.3) is 0 Å². The molecule has 158 valence electrons. The van der Waals surface area contributed by atoms with Crippen molar-refractivity contribution >= 4 is 35.9 Å². The number of aliphatic imine (C=N–C) groups is 1. The zero-order chi connectivity index (χ0) is 20.5. The van der Waals surface area contributed by atoms with Crippen LogP contribution < -0.4 is 15.4 Å². The number of carbonyl (C=O) groups excluding carboxylic acids is 1. The third-order valence-corrected chi connectivity index (χ3v) is 4.34. The summed E-state index contributed by atoms with van der Waals surface area (Å²) in [6, 6.07) is 10.1. The van der Waals surface area contributed by atoms with Gasteiger partial charge in [0.2, 0.25) is 0 Å². The van der Waals surface area contributed by atoms with E-state index in [2.05, 4.69) is 15.6 Å². The lowest BCUT2D eigenvalue weighted by Crippen LogP contribution is -2.37. The number of halogens is 2. The normalized spacial score (nSPS) is 10.7. The summed E-state index contributed by atoms with van der Waals surface area (Å²) < 4.78 is 23.2. The summed E-state index contributed by atoms with van der Waals surface area (Å²) in [5, 5.41) is 6.43. The number of aryl methyl sites for hydroxylation is 1. The molecular weight excluding hydrogens is 488 g/mol. The monoisotopic (exact) mass is 515 g/mol. The quantitative estimate of drug-likeness (QED) is 0.256. The number of benzene rings is 2. The number of hydrogen-bond acceptors (Lipinski definition) is 4. The molecular formula is C21H27FIN3O3. The van der Waals surface area contributed by atoms with Crippen LogP contribution in [0.5, 0.6) is 5.75 Å². The Balaban J connectivity index is 0.00000420. The minimum absolute atomic E-state index is 0. The van der Waals surface area contributed by atoms with E-state index in [-0.39, 0.29) is 29.8 Å². The second-order valence-electron chi connectivity index (χ2n) is 6.20. The second-order valence-corrected chi connectivity index (χ2v) is 6.20. The van der Waals surface area contributed by atoms with Gasteiger partial charge in [-0.2, -0.15) is 0 Å². The van der Waals surface area contributed by atoms with Crippen molar-refractivity contribution in [3.05, 3.63) is 64.5 Å². The van der Waals surface area contributed by atoms with Gasteiger partial charge in [-0.3, -0.25) is 4.99 Å². The molecule has 0 atom stereocenters. The first kappa shape index (κ1) is 24.7. The maximum Gasteiger partial charge on any atom is 0.341 e. The Bertz CT molecular complexity index is 859. The van der Waals surface area contributed by atoms with Crippen LogP contribution in [0.4, 0.5) is 4.39 Å². The fourth-order valence-electron chi connectivity index (χ4n) is 2.80. The highest BCUT2D eigenvalue weighted by atomic mass is 127. The lowest BCUT2D eigenvalue weighted by Gasteiger charge is -2.14. The molecule has 0 amide bonds. The van der Waals surface area contributed by atoms with Crippen LogP contribution in [0.2, 0.25) is 0 Å². The van der Waals surface area contributed by atoms with E-state index in [0.29, 0.717) is 30.4 Å². The highest BCUT2D eigenvalue weighted by Gasteiger charge is 2.13. The molecule has 29 heavy (non-hydrogen) atoms. The van der Waals surface area contributed by atoms with Crippen LogP contribution >= 0.6 is 24.0 Å². The fraction of sp³-hybridized carbons (Fsp3) is 0.333. The summed E-state index contributed by atoms with van der Waals surface area (Å²) in [6.07, 6.45) is 0.752. The third-order valence-electron chi connectivity index (χ3n) is 4.34. The molecule has 6 nitrogen and oxygen atoms in total. The highest BCUT2D eigenvalue weighted by Crippen LogP contribution is 2.20. The van der Waals surface area contributed by atoms with Crippen LogP contribution in [0.25, 0.3) is 0 Å². The Hall–Kier alpha value is -2.36. The highest BCUT2D eigenvalue weighted by molar-refractivity contribution is 14.0. The molecule has 0 heterocycles. The van der Waals surface area contributed by atoms with Crippen LogP contribution in [0.3, 0.4) is 0 Å². The Morgan fingerprint density at radius 1 is 1.14 bits per heavy atom. The number of hydrogen-bond donors (Lipinski definition) is 2. The summed E-state index contributed by atoms with van der Waals surface area (Å²) in [7, 11) is 4.53. The molecule has 0 spiro atoms. The maximum absolute atomic E-state index is 13.2. The predicted molar refractivity (Wildman–Crippen MR) is 123 cm³/mol. The number of ether oxygens (including phenoxy) is 2. The molecule has 2 aromatic rings. The van der Waals surface area contributed by atoms with E-state index in [9.17, 15) is 9.18 Å². The molecule has 0 aromatic heterocycles. The Labute approximate surface area is 187 Å². The van der Waals surface area contributed by atoms with Gasteiger partial charge in [-0.05, 0) is 54.3 Å². The SMILES string of the molecule is CN=C(NCCc1ccc(F)cc1C)NCc1ccc(OC)c(C(=O)OC)c1.I. The van der Waals surface area contributed by atoms with E-state index >= 15 is 0 Å². The van der Waals surface area contributed by atoms with Crippen molar-refractivity contribution in [1.29, 1.82) is 0 Å². The first-order chi connectivity index (χ1) is 13.5. The van der Waals surface area contributed by atoms with Crippen LogP contribution in [0, 0.1) is 12.7 Å². The number of nitrogens with zero attached hydrogens (tertiary/aromatic N) is 1. The molecule has 0 aliphatic carbocycles. The van der Waals surface area contributed by atoms with Crippen molar-refractivity contribution in [2.75, 3.05) is 27.8 Å². The minimum Gasteiger partial charge on any atom is -0.496 e. The molecule has 0 saturated heterocycles. The zero-order valence-electron chi connectivity index (χ0n) is 17.0. The van der Waals surface area contributed by atoms with Crippen LogP contribution in [-0.4, -0.2) is 39.7 Å². The van der Waals surface area contributed by atoms with Gasteiger partial charge in [-0.25, -0.2) is 9.18 Å². The zero-order valence-corrected chi connectivity index (χ0v) is 19.4. The van der Waals surface area contributed by atoms with Gasteiger partial charge >= 0.3 is 5.97 Å². The number of esters is 1. The largest absolute Gasteiger partial charge is 0.496 e. The molecule has 0 fully saturated rings. The molecule has 0 aliphatic heterocycles. The molecule has 2 rings (SSSR count). The maximum atomic E-state index is 13.2. The number of carbonyl (C=O) groups is 1. The number of nitrogens with one attached hydrogen (secondary N) is 2. The topological polar surface area (TPSA) is 72.0 Å². The fourth-order valence-corrected chi connectivity index (χ4v) is 2.80. The lowest BCUT2D eigenvalue weighted by atomic mass is 10.1. The molecule has 2 aromatic carbocycles. The van der Waals surface area contributed by atoms with Crippen molar-refractivity contribution in [3.63, 3.8) is 0 Å². The van der Waals surface area contributed by atoms with E-state index < -0.39 is 5.97 Å². The minimum atomic E-state index is -0.448. The predicted octanol–water partition coefficient (Wildman–Crippen LogP) is 3.46. The first-order valence-electron chi connectivity index (χ1n) is 8.93. The van der Waals surface area contributed by atoms with E-state index in [1.165, 1.54) is 26.4 Å². The smallest absolute Gasteiger partial charge is 0.341 e. The van der Waals surface area contributed by atoms with Crippen LogP contribution in [0.1, 0.15) is 27.0 Å². The first-order valence-corrected chi connectivity index (χ1v) is 8.93. The van der Waals surface area contributed by atoms with E-state index in [1.54, 1.807) is 25.2 Å². The van der Waals surface area contributed by atoms with Gasteiger partial charge in [-0.1, -0.05) is 12.1 Å². The van der Waals surface area contributed by atoms with Crippen LogP contribution in [-0.2, 0) is 17.7 Å². The summed E-state index contributed by atoms with van der Waals surface area (Å²) >= 11 is 0.